The fraction of sp³-hybridized carbons (Fsp3) is 0.321. The summed E-state index contributed by atoms with van der Waals surface area (Å²) in [7, 11) is 0. The third-order valence-corrected chi connectivity index (χ3v) is 6.23. The van der Waals surface area contributed by atoms with Gasteiger partial charge in [0.15, 0.2) is 6.17 Å². The number of ether oxygens (including phenoxy) is 1. The summed E-state index contributed by atoms with van der Waals surface area (Å²) in [6.45, 7) is 8.89. The first-order valence-corrected chi connectivity index (χ1v) is 11.4. The van der Waals surface area contributed by atoms with Crippen molar-refractivity contribution in [3.05, 3.63) is 93.5 Å². The molecule has 2 unspecified atom stereocenters. The van der Waals surface area contributed by atoms with Crippen LogP contribution >= 0.6 is 0 Å². The predicted molar refractivity (Wildman–Crippen MR) is 131 cm³/mol. The zero-order chi connectivity index (χ0) is 22.7. The van der Waals surface area contributed by atoms with Crippen LogP contribution in [0.15, 0.2) is 65.7 Å². The molecular formula is C28H32N2O2. The normalized spacial score (nSPS) is 16.0. The number of hydrogen-bond donors (Lipinski definition) is 1. The minimum Gasteiger partial charge on any atom is -0.491 e. The fourth-order valence-corrected chi connectivity index (χ4v) is 4.30. The molecule has 1 heterocycles. The first kappa shape index (κ1) is 22.1. The molecule has 166 valence electrons. The van der Waals surface area contributed by atoms with E-state index in [0.29, 0.717) is 12.5 Å². The zero-order valence-corrected chi connectivity index (χ0v) is 19.4. The molecule has 0 spiro atoms. The van der Waals surface area contributed by atoms with Gasteiger partial charge in [0.25, 0.3) is 0 Å². The number of anilines is 1. The topological polar surface area (TPSA) is 45.1 Å². The SMILES string of the molecule is CCC(C)c1ccc(N2C=c3ccccc3=NC2c2cc(C)c(OCCO)c(C)c2)cc1. The minimum atomic E-state index is -0.163. The van der Waals surface area contributed by atoms with Crippen LogP contribution in [-0.2, 0) is 0 Å². The lowest BCUT2D eigenvalue weighted by atomic mass is 9.98. The van der Waals surface area contributed by atoms with Crippen LogP contribution in [0, 0.1) is 13.8 Å². The lowest BCUT2D eigenvalue weighted by Crippen LogP contribution is -2.37. The second kappa shape index (κ2) is 9.58. The number of rotatable bonds is 7. The van der Waals surface area contributed by atoms with Gasteiger partial charge in [-0.3, -0.25) is 4.99 Å². The standard InChI is InChI=1S/C28H32N2O2/c1-5-19(2)22-10-12-25(13-11-22)30-18-23-8-6-7-9-26(23)29-28(30)24-16-20(3)27(21(4)17-24)32-15-14-31/h6-13,16-19,28,31H,5,14-15H2,1-4H3. The van der Waals surface area contributed by atoms with Gasteiger partial charge in [-0.05, 0) is 78.8 Å². The smallest absolute Gasteiger partial charge is 0.151 e. The van der Waals surface area contributed by atoms with Gasteiger partial charge >= 0.3 is 0 Å². The molecule has 4 heteroatoms. The van der Waals surface area contributed by atoms with Gasteiger partial charge in [0, 0.05) is 17.1 Å². The Hall–Kier alpha value is -3.11. The van der Waals surface area contributed by atoms with Crippen molar-refractivity contribution in [1.29, 1.82) is 0 Å². The van der Waals surface area contributed by atoms with Gasteiger partial charge in [-0.25, -0.2) is 0 Å². The van der Waals surface area contributed by atoms with Crippen molar-refractivity contribution in [2.45, 2.75) is 46.2 Å². The summed E-state index contributed by atoms with van der Waals surface area (Å²) >= 11 is 0. The van der Waals surface area contributed by atoms with Crippen molar-refractivity contribution >= 4 is 11.9 Å². The van der Waals surface area contributed by atoms with Gasteiger partial charge in [-0.2, -0.15) is 0 Å². The highest BCUT2D eigenvalue weighted by Crippen LogP contribution is 2.34. The summed E-state index contributed by atoms with van der Waals surface area (Å²) in [6, 6.07) is 21.4. The second-order valence-electron chi connectivity index (χ2n) is 8.55. The molecule has 0 saturated heterocycles. The van der Waals surface area contributed by atoms with E-state index < -0.39 is 0 Å². The van der Waals surface area contributed by atoms with E-state index in [1.54, 1.807) is 0 Å². The van der Waals surface area contributed by atoms with Crippen molar-refractivity contribution in [2.75, 3.05) is 18.1 Å². The number of benzene rings is 3. The van der Waals surface area contributed by atoms with Crippen molar-refractivity contribution in [2.24, 2.45) is 4.99 Å². The van der Waals surface area contributed by atoms with E-state index in [1.165, 1.54) is 5.56 Å². The van der Waals surface area contributed by atoms with Gasteiger partial charge in [0.1, 0.15) is 12.4 Å². The van der Waals surface area contributed by atoms with Crippen molar-refractivity contribution in [3.8, 4) is 5.75 Å². The monoisotopic (exact) mass is 428 g/mol. The van der Waals surface area contributed by atoms with Gasteiger partial charge in [-0.15, -0.1) is 0 Å². The Bertz CT molecular complexity index is 1180. The number of hydrogen-bond acceptors (Lipinski definition) is 4. The lowest BCUT2D eigenvalue weighted by molar-refractivity contribution is 0.200. The summed E-state index contributed by atoms with van der Waals surface area (Å²) in [5, 5.41) is 11.3. The first-order chi connectivity index (χ1) is 15.5. The number of para-hydroxylation sites is 1. The van der Waals surface area contributed by atoms with Crippen molar-refractivity contribution < 1.29 is 9.84 Å². The lowest BCUT2D eigenvalue weighted by Gasteiger charge is -2.31. The van der Waals surface area contributed by atoms with Crippen LogP contribution in [0.4, 0.5) is 5.69 Å². The predicted octanol–water partition coefficient (Wildman–Crippen LogP) is 4.76. The Labute approximate surface area is 190 Å². The molecule has 3 aromatic rings. The van der Waals surface area contributed by atoms with Gasteiger partial charge < -0.3 is 14.7 Å². The maximum atomic E-state index is 9.14. The van der Waals surface area contributed by atoms with Gasteiger partial charge in [-0.1, -0.05) is 44.2 Å². The maximum Gasteiger partial charge on any atom is 0.151 e. The summed E-state index contributed by atoms with van der Waals surface area (Å²) in [4.78, 5) is 7.39. The van der Waals surface area contributed by atoms with E-state index in [2.05, 4.69) is 93.4 Å². The Balaban J connectivity index is 1.79. The molecule has 0 saturated carbocycles. The largest absolute Gasteiger partial charge is 0.491 e. The van der Waals surface area contributed by atoms with Crippen LogP contribution < -0.4 is 20.2 Å². The van der Waals surface area contributed by atoms with Crippen LogP contribution in [0.25, 0.3) is 6.20 Å². The van der Waals surface area contributed by atoms with E-state index in [0.717, 1.165) is 45.1 Å². The number of aliphatic hydroxyl groups excluding tert-OH is 1. The summed E-state index contributed by atoms with van der Waals surface area (Å²) in [6.07, 6.45) is 3.17. The summed E-state index contributed by atoms with van der Waals surface area (Å²) in [5.74, 6) is 1.39. The van der Waals surface area contributed by atoms with Crippen LogP contribution in [0.1, 0.15) is 54.6 Å². The first-order valence-electron chi connectivity index (χ1n) is 11.4. The van der Waals surface area contributed by atoms with E-state index in [4.69, 9.17) is 14.8 Å². The van der Waals surface area contributed by atoms with Crippen LogP contribution in [0.5, 0.6) is 5.75 Å². The Morgan fingerprint density at radius 3 is 2.38 bits per heavy atom. The quantitative estimate of drug-likeness (QED) is 0.590. The molecule has 1 aliphatic heterocycles. The van der Waals surface area contributed by atoms with Gasteiger partial charge in [0.2, 0.25) is 0 Å². The molecule has 2 atom stereocenters. The average molecular weight is 429 g/mol. The highest BCUT2D eigenvalue weighted by molar-refractivity contribution is 5.62. The molecule has 0 amide bonds. The molecule has 4 nitrogen and oxygen atoms in total. The summed E-state index contributed by atoms with van der Waals surface area (Å²) < 4.78 is 5.77. The minimum absolute atomic E-state index is 0.00472. The third kappa shape index (κ3) is 4.42. The summed E-state index contributed by atoms with van der Waals surface area (Å²) in [5.41, 5.74) is 5.70. The van der Waals surface area contributed by atoms with Crippen molar-refractivity contribution in [1.82, 2.24) is 0 Å². The second-order valence-corrected chi connectivity index (χ2v) is 8.55. The van der Waals surface area contributed by atoms with Crippen LogP contribution in [0.3, 0.4) is 0 Å². The molecular weight excluding hydrogens is 396 g/mol. The van der Waals surface area contributed by atoms with Crippen LogP contribution in [0.2, 0.25) is 0 Å². The molecule has 3 aromatic carbocycles. The molecule has 0 aromatic heterocycles. The molecule has 0 fully saturated rings. The Kier molecular flexibility index (Phi) is 6.61. The zero-order valence-electron chi connectivity index (χ0n) is 19.4. The molecule has 0 bridgehead atoms. The van der Waals surface area contributed by atoms with Crippen molar-refractivity contribution in [3.63, 3.8) is 0 Å². The highest BCUT2D eigenvalue weighted by Gasteiger charge is 2.23. The molecule has 1 aliphatic rings. The average Bonchev–Trinajstić information content (AvgIpc) is 2.82. The molecule has 0 aliphatic carbocycles. The Morgan fingerprint density at radius 1 is 1.03 bits per heavy atom. The van der Waals surface area contributed by atoms with Gasteiger partial charge in [0.05, 0.1) is 12.0 Å². The number of aliphatic hydroxyl groups is 1. The molecule has 1 N–H and O–H groups in total. The maximum absolute atomic E-state index is 9.14. The number of fused-ring (bicyclic) bond motifs is 1. The van der Waals surface area contributed by atoms with E-state index in [9.17, 15) is 0 Å². The van der Waals surface area contributed by atoms with Crippen LogP contribution in [-0.4, -0.2) is 18.3 Å². The number of aryl methyl sites for hydroxylation is 2. The number of nitrogens with zero attached hydrogens (tertiary/aromatic N) is 2. The van der Waals surface area contributed by atoms with E-state index in [-0.39, 0.29) is 12.8 Å². The highest BCUT2D eigenvalue weighted by atomic mass is 16.5. The van der Waals surface area contributed by atoms with E-state index in [1.807, 2.05) is 6.07 Å². The molecule has 0 radical (unpaired) electrons. The third-order valence-electron chi connectivity index (χ3n) is 6.23. The van der Waals surface area contributed by atoms with E-state index >= 15 is 0 Å². The Morgan fingerprint density at radius 2 is 1.72 bits per heavy atom. The molecule has 4 rings (SSSR count). The fourth-order valence-electron chi connectivity index (χ4n) is 4.30. The molecule has 32 heavy (non-hydrogen) atoms.